The highest BCUT2D eigenvalue weighted by Crippen LogP contribution is 2.35. The normalized spacial score (nSPS) is 19.0. The lowest BCUT2D eigenvalue weighted by atomic mass is 9.83. The number of fused-ring (bicyclic) bond motifs is 4. The molecule has 1 heterocycles. The van der Waals surface area contributed by atoms with E-state index in [0.29, 0.717) is 0 Å². The van der Waals surface area contributed by atoms with Crippen LogP contribution in [-0.4, -0.2) is 25.3 Å². The number of allylic oxidation sites excluding steroid dienone is 7. The molecule has 0 spiro atoms. The average Bonchev–Trinajstić information content (AvgIpc) is 2.68. The molecule has 3 aliphatic rings. The molecule has 1 unspecified atom stereocenters. The van der Waals surface area contributed by atoms with E-state index >= 15 is 0 Å². The van der Waals surface area contributed by atoms with Crippen LogP contribution in [-0.2, 0) is 0 Å². The second kappa shape index (κ2) is 8.05. The molecular weight excluding hydrogens is 358 g/mol. The van der Waals surface area contributed by atoms with E-state index in [0.717, 1.165) is 48.2 Å². The van der Waals surface area contributed by atoms with Crippen LogP contribution >= 0.6 is 0 Å². The molecule has 0 bridgehead atoms. The molecule has 1 atom stereocenters. The Hall–Kier alpha value is -2.46. The van der Waals surface area contributed by atoms with Gasteiger partial charge in [0.1, 0.15) is 0 Å². The topological polar surface area (TPSA) is 38.5 Å². The van der Waals surface area contributed by atoms with Gasteiger partial charge in [-0.15, -0.1) is 0 Å². The van der Waals surface area contributed by atoms with Gasteiger partial charge in [-0.2, -0.15) is 0 Å². The van der Waals surface area contributed by atoms with Gasteiger partial charge >= 0.3 is 0 Å². The van der Waals surface area contributed by atoms with Crippen molar-refractivity contribution in [1.82, 2.24) is 5.32 Å². The molecule has 0 fully saturated rings. The van der Waals surface area contributed by atoms with Gasteiger partial charge in [-0.1, -0.05) is 24.3 Å². The van der Waals surface area contributed by atoms with Crippen LogP contribution in [0.25, 0.3) is 0 Å². The maximum Gasteiger partial charge on any atom is 0.247 e. The molecule has 0 saturated carbocycles. The standard InChI is InChI=1S/C22H25N3O.ClH/c1-4-23-19-14-21-22(17-10-8-7-9-16(17)19)24-18-12-11-15(13-20(18)26-21)25(5-2)6-3;/h7-14,17,23H,4-6H2,1-3H3;1H. The summed E-state index contributed by atoms with van der Waals surface area (Å²) in [5.74, 6) is 1.99. The Morgan fingerprint density at radius 2 is 1.96 bits per heavy atom. The van der Waals surface area contributed by atoms with Gasteiger partial charge in [-0.05, 0) is 32.4 Å². The first kappa shape index (κ1) is 19.3. The SMILES string of the molecule is CCNC1=C2C=CC=CC2C2=[NH+]c3ccc(N(CC)CC)cc3OC2=C1.[Cl-]. The molecule has 27 heavy (non-hydrogen) atoms. The van der Waals surface area contributed by atoms with Crippen LogP contribution in [0, 0.1) is 5.92 Å². The summed E-state index contributed by atoms with van der Waals surface area (Å²) >= 11 is 0. The Labute approximate surface area is 167 Å². The third kappa shape index (κ3) is 3.42. The van der Waals surface area contributed by atoms with E-state index in [4.69, 9.17) is 4.74 Å². The van der Waals surface area contributed by atoms with Gasteiger partial charge < -0.3 is 27.4 Å². The molecule has 2 N–H and O–H groups in total. The van der Waals surface area contributed by atoms with Gasteiger partial charge in [-0.25, -0.2) is 4.99 Å². The number of rotatable bonds is 5. The molecule has 0 amide bonds. The van der Waals surface area contributed by atoms with E-state index in [1.807, 2.05) is 0 Å². The minimum atomic E-state index is 0. The number of ether oxygens (including phenoxy) is 1. The minimum Gasteiger partial charge on any atom is -1.00 e. The molecule has 0 radical (unpaired) electrons. The van der Waals surface area contributed by atoms with Crippen molar-refractivity contribution < 1.29 is 22.1 Å². The summed E-state index contributed by atoms with van der Waals surface area (Å²) in [7, 11) is 0. The molecular formula is C22H26ClN3O. The van der Waals surface area contributed by atoms with E-state index in [2.05, 4.69) is 84.6 Å². The first-order chi connectivity index (χ1) is 12.7. The van der Waals surface area contributed by atoms with Crippen LogP contribution in [0.2, 0.25) is 0 Å². The largest absolute Gasteiger partial charge is 1.00 e. The maximum atomic E-state index is 6.34. The molecule has 0 saturated heterocycles. The summed E-state index contributed by atoms with van der Waals surface area (Å²) in [6, 6.07) is 6.42. The summed E-state index contributed by atoms with van der Waals surface area (Å²) in [4.78, 5) is 5.95. The predicted octanol–water partition coefficient (Wildman–Crippen LogP) is -0.414. The fourth-order valence-corrected chi connectivity index (χ4v) is 3.81. The van der Waals surface area contributed by atoms with Crippen molar-refractivity contribution in [3.05, 3.63) is 65.6 Å². The molecule has 1 aliphatic heterocycles. The van der Waals surface area contributed by atoms with Gasteiger partial charge in [0.25, 0.3) is 0 Å². The molecule has 4 rings (SSSR count). The molecule has 4 nitrogen and oxygen atoms in total. The van der Waals surface area contributed by atoms with E-state index in [-0.39, 0.29) is 18.3 Å². The van der Waals surface area contributed by atoms with Crippen LogP contribution in [0.4, 0.5) is 11.4 Å². The third-order valence-electron chi connectivity index (χ3n) is 5.14. The monoisotopic (exact) mass is 383 g/mol. The number of hydrogen-bond donors (Lipinski definition) is 2. The lowest BCUT2D eigenvalue weighted by molar-refractivity contribution is -0.361. The molecule has 1 aromatic rings. The molecule has 142 valence electrons. The number of benzene rings is 1. The Bertz CT molecular complexity index is 876. The summed E-state index contributed by atoms with van der Waals surface area (Å²) in [5, 5.41) is 3.48. The quantitative estimate of drug-likeness (QED) is 0.726. The lowest BCUT2D eigenvalue weighted by Crippen LogP contribution is -3.00. The summed E-state index contributed by atoms with van der Waals surface area (Å²) in [6.45, 7) is 9.33. The summed E-state index contributed by atoms with van der Waals surface area (Å²) in [6.07, 6.45) is 10.7. The number of nitrogens with zero attached hydrogens (tertiary/aromatic N) is 1. The number of nitrogens with one attached hydrogen (secondary N) is 2. The van der Waals surface area contributed by atoms with Gasteiger partial charge in [-0.3, -0.25) is 0 Å². The van der Waals surface area contributed by atoms with Gasteiger partial charge in [0.05, 0.1) is 5.92 Å². The van der Waals surface area contributed by atoms with Crippen LogP contribution in [0.15, 0.2) is 65.6 Å². The van der Waals surface area contributed by atoms with E-state index in [1.165, 1.54) is 11.3 Å². The minimum absolute atomic E-state index is 0. The number of hydrogen-bond acceptors (Lipinski definition) is 3. The fourth-order valence-electron chi connectivity index (χ4n) is 3.81. The smallest absolute Gasteiger partial charge is 0.247 e. The van der Waals surface area contributed by atoms with Crippen molar-refractivity contribution in [2.45, 2.75) is 20.8 Å². The zero-order chi connectivity index (χ0) is 18.1. The van der Waals surface area contributed by atoms with Crippen molar-refractivity contribution in [2.24, 2.45) is 5.92 Å². The molecule has 5 heteroatoms. The number of halogens is 1. The highest BCUT2D eigenvalue weighted by atomic mass is 35.5. The first-order valence-corrected chi connectivity index (χ1v) is 9.50. The van der Waals surface area contributed by atoms with E-state index < -0.39 is 0 Å². The highest BCUT2D eigenvalue weighted by molar-refractivity contribution is 6.03. The van der Waals surface area contributed by atoms with Crippen LogP contribution in [0.3, 0.4) is 0 Å². The Kier molecular flexibility index (Phi) is 5.76. The van der Waals surface area contributed by atoms with Crippen molar-refractivity contribution in [2.75, 3.05) is 24.5 Å². The van der Waals surface area contributed by atoms with Crippen LogP contribution in [0.5, 0.6) is 5.75 Å². The second-order valence-corrected chi connectivity index (χ2v) is 6.62. The second-order valence-electron chi connectivity index (χ2n) is 6.62. The van der Waals surface area contributed by atoms with Gasteiger partial charge in [0.2, 0.25) is 17.1 Å². The Balaban J connectivity index is 0.00000210. The van der Waals surface area contributed by atoms with Crippen molar-refractivity contribution >= 4 is 17.1 Å². The van der Waals surface area contributed by atoms with Crippen LogP contribution in [0.1, 0.15) is 20.8 Å². The highest BCUT2D eigenvalue weighted by Gasteiger charge is 2.37. The molecule has 0 aromatic heterocycles. The fraction of sp³-hybridized carbons (Fsp3) is 0.318. The zero-order valence-electron chi connectivity index (χ0n) is 16.1. The number of likely N-dealkylation sites (N-methyl/N-ethyl adjacent to an activating group) is 1. The zero-order valence-corrected chi connectivity index (χ0v) is 16.8. The van der Waals surface area contributed by atoms with Crippen molar-refractivity contribution in [3.63, 3.8) is 0 Å². The summed E-state index contributed by atoms with van der Waals surface area (Å²) in [5.41, 5.74) is 5.76. The van der Waals surface area contributed by atoms with Gasteiger partial charge in [0, 0.05) is 49.2 Å². The van der Waals surface area contributed by atoms with Gasteiger partial charge in [0.15, 0.2) is 5.76 Å². The van der Waals surface area contributed by atoms with Crippen molar-refractivity contribution in [1.29, 1.82) is 0 Å². The Morgan fingerprint density at radius 3 is 2.70 bits per heavy atom. The molecule has 2 aliphatic carbocycles. The molecule has 1 aromatic carbocycles. The average molecular weight is 384 g/mol. The number of anilines is 1. The third-order valence-corrected chi connectivity index (χ3v) is 5.14. The first-order valence-electron chi connectivity index (χ1n) is 9.50. The predicted molar refractivity (Wildman–Crippen MR) is 107 cm³/mol. The van der Waals surface area contributed by atoms with Crippen molar-refractivity contribution in [3.8, 4) is 5.75 Å². The summed E-state index contributed by atoms with van der Waals surface area (Å²) < 4.78 is 6.34. The Morgan fingerprint density at radius 1 is 1.15 bits per heavy atom. The van der Waals surface area contributed by atoms with Crippen LogP contribution < -0.4 is 32.4 Å². The van der Waals surface area contributed by atoms with E-state index in [1.54, 1.807) is 0 Å². The maximum absolute atomic E-state index is 6.34. The van der Waals surface area contributed by atoms with E-state index in [9.17, 15) is 0 Å². The lowest BCUT2D eigenvalue weighted by Gasteiger charge is -2.28.